The molecule has 1 aliphatic carbocycles. The summed E-state index contributed by atoms with van der Waals surface area (Å²) in [6.07, 6.45) is 4.91. The van der Waals surface area contributed by atoms with Gasteiger partial charge in [0.1, 0.15) is 0 Å². The van der Waals surface area contributed by atoms with Crippen molar-refractivity contribution in [1.82, 2.24) is 5.43 Å². The smallest absolute Gasteiger partial charge is 0.210 e. The molecule has 4 heteroatoms. The van der Waals surface area contributed by atoms with E-state index >= 15 is 0 Å². The van der Waals surface area contributed by atoms with E-state index in [1.54, 1.807) is 0 Å². The first-order valence-corrected chi connectivity index (χ1v) is 6.98. The lowest BCUT2D eigenvalue weighted by atomic mass is 9.73. The highest BCUT2D eigenvalue weighted by molar-refractivity contribution is 5.93. The van der Waals surface area contributed by atoms with Crippen LogP contribution in [0.1, 0.15) is 39.5 Å². The van der Waals surface area contributed by atoms with Crippen molar-refractivity contribution in [3.05, 3.63) is 30.3 Å². The maximum absolute atomic E-state index is 5.58. The molecule has 1 atom stereocenters. The van der Waals surface area contributed by atoms with Gasteiger partial charge in [-0.2, -0.15) is 0 Å². The number of rotatable bonds is 2. The maximum Gasteiger partial charge on any atom is 0.210 e. The highest BCUT2D eigenvalue weighted by Crippen LogP contribution is 2.37. The molecule has 0 aliphatic heterocycles. The van der Waals surface area contributed by atoms with Crippen molar-refractivity contribution < 1.29 is 0 Å². The van der Waals surface area contributed by atoms with E-state index in [4.69, 9.17) is 10.8 Å². The zero-order chi connectivity index (χ0) is 13.7. The Balaban J connectivity index is 2.10. The van der Waals surface area contributed by atoms with Gasteiger partial charge in [0.15, 0.2) is 0 Å². The molecule has 0 amide bonds. The Morgan fingerprint density at radius 1 is 1.26 bits per heavy atom. The Bertz CT molecular complexity index is 425. The van der Waals surface area contributed by atoms with Crippen molar-refractivity contribution in [1.29, 1.82) is 0 Å². The van der Waals surface area contributed by atoms with Crippen molar-refractivity contribution in [2.24, 2.45) is 16.3 Å². The van der Waals surface area contributed by atoms with Gasteiger partial charge in [-0.15, -0.1) is 0 Å². The Hall–Kier alpha value is -1.55. The predicted octanol–water partition coefficient (Wildman–Crippen LogP) is 2.89. The average molecular weight is 260 g/mol. The summed E-state index contributed by atoms with van der Waals surface area (Å²) in [5.74, 6) is 6.23. The molecule has 2 rings (SSSR count). The van der Waals surface area contributed by atoms with E-state index in [1.165, 1.54) is 19.3 Å². The second-order valence-electron chi connectivity index (χ2n) is 5.86. The first kappa shape index (κ1) is 13.9. The van der Waals surface area contributed by atoms with Gasteiger partial charge in [0.05, 0.1) is 6.04 Å². The number of nitrogens with two attached hydrogens (primary N) is 1. The molecule has 0 heterocycles. The van der Waals surface area contributed by atoms with E-state index in [0.29, 0.717) is 12.0 Å². The van der Waals surface area contributed by atoms with Crippen LogP contribution >= 0.6 is 0 Å². The predicted molar refractivity (Wildman–Crippen MR) is 80.9 cm³/mol. The van der Waals surface area contributed by atoms with Crippen LogP contribution in [0, 0.1) is 5.41 Å². The molecule has 1 aliphatic rings. The van der Waals surface area contributed by atoms with E-state index < -0.39 is 0 Å². The fraction of sp³-hybridized carbons (Fsp3) is 0.533. The SMILES string of the molecule is CC1(C)CCCCC1N=C(NN)Nc1ccccc1. The highest BCUT2D eigenvalue weighted by atomic mass is 15.3. The first-order chi connectivity index (χ1) is 9.12. The Morgan fingerprint density at radius 3 is 2.63 bits per heavy atom. The lowest BCUT2D eigenvalue weighted by Crippen LogP contribution is -2.40. The molecule has 0 saturated heterocycles. The van der Waals surface area contributed by atoms with Gasteiger partial charge < -0.3 is 5.32 Å². The minimum absolute atomic E-state index is 0.249. The van der Waals surface area contributed by atoms with Crippen LogP contribution in [0.3, 0.4) is 0 Å². The molecule has 4 N–H and O–H groups in total. The summed E-state index contributed by atoms with van der Waals surface area (Å²) < 4.78 is 0. The number of hydrogen-bond donors (Lipinski definition) is 3. The number of hydrogen-bond acceptors (Lipinski definition) is 2. The summed E-state index contributed by atoms with van der Waals surface area (Å²) in [6.45, 7) is 4.58. The second kappa shape index (κ2) is 6.06. The number of para-hydroxylation sites is 1. The van der Waals surface area contributed by atoms with Crippen LogP contribution in [0.4, 0.5) is 5.69 Å². The van der Waals surface area contributed by atoms with Crippen LogP contribution in [0.25, 0.3) is 0 Å². The number of guanidine groups is 1. The molecule has 0 radical (unpaired) electrons. The van der Waals surface area contributed by atoms with E-state index in [1.807, 2.05) is 30.3 Å². The largest absolute Gasteiger partial charge is 0.325 e. The molecule has 4 nitrogen and oxygen atoms in total. The van der Waals surface area contributed by atoms with Crippen molar-refractivity contribution in [2.75, 3.05) is 5.32 Å². The molecule has 1 aromatic carbocycles. The summed E-state index contributed by atoms with van der Waals surface area (Å²) in [6, 6.07) is 10.3. The molecule has 1 unspecified atom stereocenters. The summed E-state index contributed by atoms with van der Waals surface area (Å²) in [7, 11) is 0. The van der Waals surface area contributed by atoms with Crippen molar-refractivity contribution in [3.63, 3.8) is 0 Å². The number of nitrogens with zero attached hydrogens (tertiary/aromatic N) is 1. The van der Waals surface area contributed by atoms with Crippen LogP contribution < -0.4 is 16.6 Å². The van der Waals surface area contributed by atoms with E-state index in [-0.39, 0.29) is 5.41 Å². The Kier molecular flexibility index (Phi) is 4.43. The summed E-state index contributed by atoms with van der Waals surface area (Å²) in [5.41, 5.74) is 3.92. The minimum atomic E-state index is 0.249. The third kappa shape index (κ3) is 3.70. The Morgan fingerprint density at radius 2 is 2.00 bits per heavy atom. The number of nitrogens with one attached hydrogen (secondary N) is 2. The maximum atomic E-state index is 5.58. The van der Waals surface area contributed by atoms with Gasteiger partial charge in [0.2, 0.25) is 5.96 Å². The zero-order valence-electron chi connectivity index (χ0n) is 11.8. The molecule has 0 bridgehead atoms. The lowest BCUT2D eigenvalue weighted by molar-refractivity contribution is 0.203. The van der Waals surface area contributed by atoms with E-state index in [2.05, 4.69) is 24.6 Å². The van der Waals surface area contributed by atoms with Crippen molar-refractivity contribution >= 4 is 11.6 Å². The molecule has 0 spiro atoms. The van der Waals surface area contributed by atoms with Gasteiger partial charge in [0.25, 0.3) is 0 Å². The summed E-state index contributed by atoms with van der Waals surface area (Å²) >= 11 is 0. The van der Waals surface area contributed by atoms with Crippen LogP contribution in [0.2, 0.25) is 0 Å². The van der Waals surface area contributed by atoms with Gasteiger partial charge >= 0.3 is 0 Å². The molecular formula is C15H24N4. The van der Waals surface area contributed by atoms with Gasteiger partial charge in [-0.25, -0.2) is 10.8 Å². The first-order valence-electron chi connectivity index (χ1n) is 6.98. The number of benzene rings is 1. The lowest BCUT2D eigenvalue weighted by Gasteiger charge is -2.36. The van der Waals surface area contributed by atoms with Gasteiger partial charge in [-0.1, -0.05) is 44.9 Å². The molecule has 1 fully saturated rings. The second-order valence-corrected chi connectivity index (χ2v) is 5.86. The molecule has 1 aromatic rings. The number of anilines is 1. The number of aliphatic imine (C=N–C) groups is 1. The number of hydrazine groups is 1. The molecule has 1 saturated carbocycles. The normalized spacial score (nSPS) is 22.9. The van der Waals surface area contributed by atoms with Gasteiger partial charge in [-0.3, -0.25) is 5.43 Å². The van der Waals surface area contributed by atoms with E-state index in [9.17, 15) is 0 Å². The standard InChI is InChI=1S/C15H24N4/c1-15(2)11-7-6-10-13(15)18-14(19-16)17-12-8-4-3-5-9-12/h3-5,8-9,13H,6-7,10-11,16H2,1-2H3,(H2,17,18,19). The van der Waals surface area contributed by atoms with Crippen LogP contribution in [0.15, 0.2) is 35.3 Å². The van der Waals surface area contributed by atoms with Crippen molar-refractivity contribution in [2.45, 2.75) is 45.6 Å². The van der Waals surface area contributed by atoms with E-state index in [0.717, 1.165) is 12.1 Å². The van der Waals surface area contributed by atoms with Crippen molar-refractivity contribution in [3.8, 4) is 0 Å². The van der Waals surface area contributed by atoms with Crippen LogP contribution in [0.5, 0.6) is 0 Å². The summed E-state index contributed by atoms with van der Waals surface area (Å²) in [4.78, 5) is 4.77. The van der Waals surface area contributed by atoms with Gasteiger partial charge in [0, 0.05) is 5.69 Å². The third-order valence-corrected chi connectivity index (χ3v) is 3.91. The topological polar surface area (TPSA) is 62.4 Å². The quantitative estimate of drug-likeness (QED) is 0.331. The fourth-order valence-electron chi connectivity index (χ4n) is 2.63. The third-order valence-electron chi connectivity index (χ3n) is 3.91. The molecule has 19 heavy (non-hydrogen) atoms. The highest BCUT2D eigenvalue weighted by Gasteiger charge is 2.32. The average Bonchev–Trinajstić information content (AvgIpc) is 2.41. The Labute approximate surface area is 115 Å². The molecular weight excluding hydrogens is 236 g/mol. The molecule has 104 valence electrons. The fourth-order valence-corrected chi connectivity index (χ4v) is 2.63. The van der Waals surface area contributed by atoms with Gasteiger partial charge in [-0.05, 0) is 30.4 Å². The van der Waals surface area contributed by atoms with Crippen LogP contribution in [-0.2, 0) is 0 Å². The minimum Gasteiger partial charge on any atom is -0.325 e. The summed E-state index contributed by atoms with van der Waals surface area (Å²) in [5, 5.41) is 3.23. The molecule has 0 aromatic heterocycles. The zero-order valence-corrected chi connectivity index (χ0v) is 11.8. The van der Waals surface area contributed by atoms with Crippen LogP contribution in [-0.4, -0.2) is 12.0 Å². The monoisotopic (exact) mass is 260 g/mol.